The molecule has 7 heteroatoms. The van der Waals surface area contributed by atoms with Crippen LogP contribution in [0.25, 0.3) is 16.9 Å². The summed E-state index contributed by atoms with van der Waals surface area (Å²) < 4.78 is 1.85. The number of hydrogen-bond donors (Lipinski definition) is 1. The number of aromatic hydroxyl groups is 1. The fourth-order valence-electron chi connectivity index (χ4n) is 5.13. The van der Waals surface area contributed by atoms with Gasteiger partial charge < -0.3 is 19.5 Å². The van der Waals surface area contributed by atoms with Crippen molar-refractivity contribution >= 4 is 5.82 Å². The molecule has 2 bridgehead atoms. The van der Waals surface area contributed by atoms with E-state index in [2.05, 4.69) is 46.0 Å². The number of nitrogens with zero attached hydrogens (tertiary/aromatic N) is 6. The number of anilines is 1. The number of rotatable bonds is 4. The Morgan fingerprint density at radius 1 is 1.20 bits per heavy atom. The molecule has 0 spiro atoms. The summed E-state index contributed by atoms with van der Waals surface area (Å²) in [5.41, 5.74) is 2.47. The number of fused-ring (bicyclic) bond motifs is 3. The van der Waals surface area contributed by atoms with Crippen LogP contribution in [0.4, 0.5) is 5.82 Å². The predicted molar refractivity (Wildman–Crippen MR) is 117 cm³/mol. The van der Waals surface area contributed by atoms with Gasteiger partial charge in [0.15, 0.2) is 5.82 Å². The van der Waals surface area contributed by atoms with Crippen LogP contribution in [-0.4, -0.2) is 62.0 Å². The van der Waals surface area contributed by atoms with Crippen LogP contribution < -0.4 is 4.90 Å². The molecule has 3 atom stereocenters. The van der Waals surface area contributed by atoms with Gasteiger partial charge in [-0.25, -0.2) is 4.98 Å². The number of hydrogen-bond acceptors (Lipinski definition) is 6. The maximum absolute atomic E-state index is 10.5. The molecule has 3 aliphatic rings. The summed E-state index contributed by atoms with van der Waals surface area (Å²) in [6.45, 7) is 3.53. The quantitative estimate of drug-likeness (QED) is 0.719. The second kappa shape index (κ2) is 7.09. The minimum atomic E-state index is 0.178. The van der Waals surface area contributed by atoms with E-state index in [-0.39, 0.29) is 11.3 Å². The summed E-state index contributed by atoms with van der Waals surface area (Å²) in [7, 11) is 4.39. The van der Waals surface area contributed by atoms with Crippen LogP contribution in [0, 0.1) is 5.92 Å². The summed E-state index contributed by atoms with van der Waals surface area (Å²) in [5, 5.41) is 19.5. The number of phenolic OH excluding ortho intramolecular Hbond substituents is 1. The zero-order valence-electron chi connectivity index (χ0n) is 17.7. The van der Waals surface area contributed by atoms with E-state index >= 15 is 0 Å². The normalized spacial score (nSPS) is 26.1. The van der Waals surface area contributed by atoms with Gasteiger partial charge in [0.2, 0.25) is 0 Å². The number of imidazole rings is 1. The molecule has 1 aromatic carbocycles. The zero-order valence-corrected chi connectivity index (χ0v) is 17.7. The maximum Gasteiger partial charge on any atom is 0.151 e. The molecule has 156 valence electrons. The van der Waals surface area contributed by atoms with Gasteiger partial charge in [0.1, 0.15) is 5.75 Å². The van der Waals surface area contributed by atoms with Gasteiger partial charge in [0.05, 0.1) is 17.7 Å². The fourth-order valence-corrected chi connectivity index (χ4v) is 5.13. The van der Waals surface area contributed by atoms with Gasteiger partial charge in [-0.2, -0.15) is 0 Å². The van der Waals surface area contributed by atoms with Crippen molar-refractivity contribution in [3.05, 3.63) is 49.1 Å². The number of aromatic nitrogens is 4. The van der Waals surface area contributed by atoms with Crippen LogP contribution in [0.1, 0.15) is 26.2 Å². The van der Waals surface area contributed by atoms with Crippen molar-refractivity contribution in [1.29, 1.82) is 0 Å². The Hall–Kier alpha value is -2.93. The van der Waals surface area contributed by atoms with E-state index < -0.39 is 0 Å². The van der Waals surface area contributed by atoms with Crippen molar-refractivity contribution < 1.29 is 5.11 Å². The molecular formula is C23H28N6O. The molecule has 1 saturated carbocycles. The second-order valence-electron chi connectivity index (χ2n) is 9.01. The summed E-state index contributed by atoms with van der Waals surface area (Å²) >= 11 is 0. The average molecular weight is 405 g/mol. The van der Waals surface area contributed by atoms with E-state index in [1.165, 1.54) is 12.8 Å². The molecule has 1 unspecified atom stereocenters. The highest BCUT2D eigenvalue weighted by molar-refractivity contribution is 5.69. The van der Waals surface area contributed by atoms with Gasteiger partial charge in [0.25, 0.3) is 0 Å². The smallest absolute Gasteiger partial charge is 0.151 e. The molecule has 1 aliphatic carbocycles. The summed E-state index contributed by atoms with van der Waals surface area (Å²) in [4.78, 5) is 8.87. The molecule has 7 nitrogen and oxygen atoms in total. The number of phenols is 1. The van der Waals surface area contributed by atoms with Gasteiger partial charge in [-0.05, 0) is 63.4 Å². The lowest BCUT2D eigenvalue weighted by atomic mass is 9.68. The van der Waals surface area contributed by atoms with Gasteiger partial charge in [-0.3, -0.25) is 0 Å². The first-order chi connectivity index (χ1) is 14.4. The van der Waals surface area contributed by atoms with Crippen LogP contribution in [0.3, 0.4) is 0 Å². The average Bonchev–Trinajstić information content (AvgIpc) is 3.29. The molecule has 4 heterocycles. The molecule has 3 aromatic rings. The highest BCUT2D eigenvalue weighted by Crippen LogP contribution is 2.44. The Bertz CT molecular complexity index is 1030. The number of benzene rings is 1. The predicted octanol–water partition coefficient (Wildman–Crippen LogP) is 3.34. The van der Waals surface area contributed by atoms with Crippen molar-refractivity contribution in [2.45, 2.75) is 37.8 Å². The van der Waals surface area contributed by atoms with Crippen molar-refractivity contribution in [2.24, 2.45) is 5.92 Å². The van der Waals surface area contributed by atoms with Gasteiger partial charge in [0, 0.05) is 49.2 Å². The number of piperidine rings is 2. The monoisotopic (exact) mass is 404 g/mol. The highest BCUT2D eigenvalue weighted by Gasteiger charge is 2.47. The third kappa shape index (κ3) is 3.13. The van der Waals surface area contributed by atoms with Gasteiger partial charge >= 0.3 is 0 Å². The first-order valence-corrected chi connectivity index (χ1v) is 10.5. The summed E-state index contributed by atoms with van der Waals surface area (Å²) in [6.07, 6.45) is 8.97. The molecule has 2 aromatic heterocycles. The van der Waals surface area contributed by atoms with E-state index in [1.54, 1.807) is 18.6 Å². The summed E-state index contributed by atoms with van der Waals surface area (Å²) in [5.74, 6) is 1.73. The lowest BCUT2D eigenvalue weighted by Crippen LogP contribution is -2.63. The zero-order chi connectivity index (χ0) is 20.9. The van der Waals surface area contributed by atoms with E-state index in [0.717, 1.165) is 24.5 Å². The lowest BCUT2D eigenvalue weighted by molar-refractivity contribution is -0.0166. The SMILES string of the molecule is CN(c1ccc(-c2ccc(-n3ccnc3)cc2O)nn1)[C@H]1C[C@@]2(C)CCC1CN2C. The molecular weight excluding hydrogens is 376 g/mol. The maximum atomic E-state index is 10.5. The van der Waals surface area contributed by atoms with E-state index in [1.807, 2.05) is 35.0 Å². The van der Waals surface area contributed by atoms with Gasteiger partial charge in [-0.1, -0.05) is 0 Å². The molecule has 2 saturated heterocycles. The molecule has 1 N–H and O–H groups in total. The Balaban J connectivity index is 1.36. The topological polar surface area (TPSA) is 70.3 Å². The van der Waals surface area contributed by atoms with E-state index in [0.29, 0.717) is 23.2 Å². The third-order valence-corrected chi connectivity index (χ3v) is 7.25. The van der Waals surface area contributed by atoms with Crippen molar-refractivity contribution in [3.63, 3.8) is 0 Å². The largest absolute Gasteiger partial charge is 0.507 e. The Labute approximate surface area is 177 Å². The van der Waals surface area contributed by atoms with Crippen LogP contribution in [0.2, 0.25) is 0 Å². The lowest BCUT2D eigenvalue weighted by Gasteiger charge is -2.57. The Morgan fingerprint density at radius 3 is 2.70 bits per heavy atom. The van der Waals surface area contributed by atoms with Crippen LogP contribution in [-0.2, 0) is 0 Å². The Morgan fingerprint density at radius 2 is 2.07 bits per heavy atom. The molecule has 0 amide bonds. The van der Waals surface area contributed by atoms with E-state index in [4.69, 9.17) is 0 Å². The van der Waals surface area contributed by atoms with Crippen molar-refractivity contribution in [2.75, 3.05) is 25.5 Å². The van der Waals surface area contributed by atoms with Crippen LogP contribution in [0.5, 0.6) is 5.75 Å². The molecule has 6 rings (SSSR count). The molecule has 2 aliphatic heterocycles. The van der Waals surface area contributed by atoms with Crippen LogP contribution in [0.15, 0.2) is 49.1 Å². The van der Waals surface area contributed by atoms with Gasteiger partial charge in [-0.15, -0.1) is 10.2 Å². The molecule has 3 fully saturated rings. The van der Waals surface area contributed by atoms with Crippen molar-refractivity contribution in [1.82, 2.24) is 24.6 Å². The first kappa shape index (κ1) is 19.1. The molecule has 30 heavy (non-hydrogen) atoms. The standard InChI is InChI=1S/C23H28N6O/c1-23-9-8-16(14-27(23)2)20(13-23)28(3)22-7-6-19(25-26-22)18-5-4-17(12-21(18)30)29-11-10-24-15-29/h4-7,10-12,15-16,20,30H,8-9,13-14H2,1-3H3/t16?,20-,23+/m0/s1. The van der Waals surface area contributed by atoms with Crippen molar-refractivity contribution in [3.8, 4) is 22.7 Å². The Kier molecular flexibility index (Phi) is 4.50. The third-order valence-electron chi connectivity index (χ3n) is 7.25. The first-order valence-electron chi connectivity index (χ1n) is 10.5. The molecule has 0 radical (unpaired) electrons. The van der Waals surface area contributed by atoms with E-state index in [9.17, 15) is 5.11 Å². The second-order valence-corrected chi connectivity index (χ2v) is 9.01. The van der Waals surface area contributed by atoms with Crippen LogP contribution >= 0.6 is 0 Å². The summed E-state index contributed by atoms with van der Waals surface area (Å²) in [6, 6.07) is 9.97. The minimum Gasteiger partial charge on any atom is -0.507 e. The highest BCUT2D eigenvalue weighted by atomic mass is 16.3. The minimum absolute atomic E-state index is 0.178. The fraction of sp³-hybridized carbons (Fsp3) is 0.435.